The Hall–Kier alpha value is -2.78. The van der Waals surface area contributed by atoms with Gasteiger partial charge in [0.1, 0.15) is 5.75 Å². The molecular formula is C20H27N6O3+. The molecular weight excluding hydrogens is 372 g/mol. The maximum Gasteiger partial charge on any atom is 0.258 e. The number of benzene rings is 1. The van der Waals surface area contributed by atoms with Gasteiger partial charge in [-0.3, -0.25) is 4.79 Å². The average molecular weight is 399 g/mol. The van der Waals surface area contributed by atoms with E-state index in [-0.39, 0.29) is 11.6 Å². The molecule has 1 aliphatic rings. The van der Waals surface area contributed by atoms with Crippen LogP contribution in [0.2, 0.25) is 0 Å². The van der Waals surface area contributed by atoms with Crippen molar-refractivity contribution in [1.29, 1.82) is 0 Å². The molecule has 0 amide bonds. The first-order chi connectivity index (χ1) is 14.2. The number of H-pyrrole nitrogens is 1. The molecule has 9 nitrogen and oxygen atoms in total. The van der Waals surface area contributed by atoms with Crippen molar-refractivity contribution in [3.05, 3.63) is 46.0 Å². The van der Waals surface area contributed by atoms with Crippen LogP contribution in [0.4, 0.5) is 0 Å². The number of methoxy groups -OCH3 is 1. The third-order valence-electron chi connectivity index (χ3n) is 5.45. The lowest BCUT2D eigenvalue weighted by Crippen LogP contribution is -3.10. The Morgan fingerprint density at radius 2 is 2.10 bits per heavy atom. The van der Waals surface area contributed by atoms with E-state index in [0.29, 0.717) is 31.1 Å². The lowest BCUT2D eigenvalue weighted by Gasteiger charge is -2.23. The van der Waals surface area contributed by atoms with Gasteiger partial charge in [-0.15, -0.1) is 5.10 Å². The smallest absolute Gasteiger partial charge is 0.258 e. The second-order valence-electron chi connectivity index (χ2n) is 7.29. The summed E-state index contributed by atoms with van der Waals surface area (Å²) < 4.78 is 12.6. The molecule has 2 aromatic heterocycles. The van der Waals surface area contributed by atoms with E-state index >= 15 is 0 Å². The number of likely N-dealkylation sites (tertiary alicyclic amines) is 1. The van der Waals surface area contributed by atoms with E-state index in [1.807, 2.05) is 31.2 Å². The highest BCUT2D eigenvalue weighted by atomic mass is 16.5. The first-order valence-electron chi connectivity index (χ1n) is 10.1. The number of hydrogen-bond donors (Lipinski definition) is 2. The molecule has 0 saturated carbocycles. The van der Waals surface area contributed by atoms with Crippen molar-refractivity contribution in [3.8, 4) is 5.75 Å². The Morgan fingerprint density at radius 1 is 1.28 bits per heavy atom. The maximum atomic E-state index is 13.1. The van der Waals surface area contributed by atoms with E-state index in [1.54, 1.807) is 11.8 Å². The van der Waals surface area contributed by atoms with Crippen LogP contribution >= 0.6 is 0 Å². The summed E-state index contributed by atoms with van der Waals surface area (Å²) in [7, 11) is 1.65. The Labute approximate surface area is 168 Å². The van der Waals surface area contributed by atoms with E-state index in [0.717, 1.165) is 42.6 Å². The first kappa shape index (κ1) is 19.5. The van der Waals surface area contributed by atoms with E-state index < -0.39 is 0 Å². The van der Waals surface area contributed by atoms with Gasteiger partial charge in [-0.1, -0.05) is 0 Å². The zero-order chi connectivity index (χ0) is 20.2. The van der Waals surface area contributed by atoms with Crippen LogP contribution in [0.3, 0.4) is 0 Å². The Kier molecular flexibility index (Phi) is 5.86. The van der Waals surface area contributed by atoms with Crippen molar-refractivity contribution in [2.24, 2.45) is 0 Å². The number of ether oxygens (including phenoxy) is 2. The number of fused-ring (bicyclic) bond motifs is 1. The summed E-state index contributed by atoms with van der Waals surface area (Å²) in [6.45, 7) is 5.57. The number of pyridine rings is 1. The van der Waals surface area contributed by atoms with E-state index in [1.165, 1.54) is 4.90 Å². The standard InChI is InChI=1S/C20H26N6O3/c1-3-29-15-6-7-17-14(12-15)13-16(20(27)21-17)18(25-8-4-5-9-25)19-22-23-24-26(19)10-11-28-2/h6-7,12-13,18H,3-5,8-11H2,1-2H3,(H,21,27)/p+1/t18-/m0/s1. The molecule has 1 saturated heterocycles. The van der Waals surface area contributed by atoms with Crippen LogP contribution in [0.15, 0.2) is 29.1 Å². The van der Waals surface area contributed by atoms with Gasteiger partial charge < -0.3 is 19.4 Å². The molecule has 0 spiro atoms. The highest BCUT2D eigenvalue weighted by Gasteiger charge is 2.35. The van der Waals surface area contributed by atoms with Crippen molar-refractivity contribution < 1.29 is 14.4 Å². The predicted molar refractivity (Wildman–Crippen MR) is 107 cm³/mol. The third kappa shape index (κ3) is 4.01. The fourth-order valence-corrected chi connectivity index (χ4v) is 4.09. The molecule has 1 atom stereocenters. The van der Waals surface area contributed by atoms with Crippen LogP contribution in [-0.2, 0) is 11.3 Å². The quantitative estimate of drug-likeness (QED) is 0.566. The predicted octanol–water partition coefficient (Wildman–Crippen LogP) is 0.328. The summed E-state index contributed by atoms with van der Waals surface area (Å²) in [6, 6.07) is 7.44. The lowest BCUT2D eigenvalue weighted by molar-refractivity contribution is -0.914. The molecule has 3 heterocycles. The fraction of sp³-hybridized carbons (Fsp3) is 0.500. The second kappa shape index (κ2) is 8.71. The van der Waals surface area contributed by atoms with Crippen LogP contribution in [-0.4, -0.2) is 58.6 Å². The number of nitrogens with one attached hydrogen (secondary N) is 2. The normalized spacial score (nSPS) is 15.8. The molecule has 1 aromatic carbocycles. The van der Waals surface area contributed by atoms with Crippen LogP contribution < -0.4 is 15.2 Å². The summed E-state index contributed by atoms with van der Waals surface area (Å²) in [5.41, 5.74) is 1.36. The summed E-state index contributed by atoms with van der Waals surface area (Å²) >= 11 is 0. The van der Waals surface area contributed by atoms with Crippen molar-refractivity contribution in [2.45, 2.75) is 32.4 Å². The lowest BCUT2D eigenvalue weighted by atomic mass is 10.0. The van der Waals surface area contributed by atoms with Gasteiger partial charge in [0, 0.05) is 30.9 Å². The van der Waals surface area contributed by atoms with Crippen LogP contribution in [0.5, 0.6) is 5.75 Å². The molecule has 0 unspecified atom stereocenters. The van der Waals surface area contributed by atoms with Gasteiger partial charge in [-0.25, -0.2) is 4.68 Å². The number of rotatable bonds is 8. The minimum Gasteiger partial charge on any atom is -0.494 e. The SMILES string of the molecule is CCOc1ccc2[nH]c(=O)c([C@@H](c3nnnn3CCOC)[NH+]3CCCC3)cc2c1. The summed E-state index contributed by atoms with van der Waals surface area (Å²) in [4.78, 5) is 17.4. The monoisotopic (exact) mass is 399 g/mol. The Bertz CT molecular complexity index is 1020. The topological polar surface area (TPSA) is 99.4 Å². The molecule has 0 bridgehead atoms. The first-order valence-corrected chi connectivity index (χ1v) is 10.1. The zero-order valence-electron chi connectivity index (χ0n) is 16.9. The van der Waals surface area contributed by atoms with Crippen molar-refractivity contribution in [2.75, 3.05) is 33.4 Å². The Balaban J connectivity index is 1.82. The van der Waals surface area contributed by atoms with Gasteiger partial charge in [0.15, 0.2) is 6.04 Å². The minimum absolute atomic E-state index is 0.104. The van der Waals surface area contributed by atoms with Crippen molar-refractivity contribution in [1.82, 2.24) is 25.2 Å². The van der Waals surface area contributed by atoms with Crippen LogP contribution in [0.1, 0.15) is 37.2 Å². The van der Waals surface area contributed by atoms with Crippen LogP contribution in [0.25, 0.3) is 10.9 Å². The number of tetrazole rings is 1. The molecule has 4 rings (SSSR count). The molecule has 3 aromatic rings. The summed E-state index contributed by atoms with van der Waals surface area (Å²) in [6.07, 6.45) is 2.26. The van der Waals surface area contributed by atoms with Gasteiger partial charge in [-0.05, 0) is 41.6 Å². The third-order valence-corrected chi connectivity index (χ3v) is 5.45. The van der Waals surface area contributed by atoms with Gasteiger partial charge in [0.2, 0.25) is 5.82 Å². The molecule has 0 radical (unpaired) electrons. The number of hydrogen-bond acceptors (Lipinski definition) is 6. The minimum atomic E-state index is -0.228. The highest BCUT2D eigenvalue weighted by Crippen LogP contribution is 2.23. The molecule has 29 heavy (non-hydrogen) atoms. The van der Waals surface area contributed by atoms with Crippen LogP contribution in [0, 0.1) is 0 Å². The zero-order valence-corrected chi connectivity index (χ0v) is 16.9. The fourth-order valence-electron chi connectivity index (χ4n) is 4.09. The second-order valence-corrected chi connectivity index (χ2v) is 7.29. The molecule has 1 aliphatic heterocycles. The summed E-state index contributed by atoms with van der Waals surface area (Å²) in [5.74, 6) is 1.48. The Morgan fingerprint density at radius 3 is 2.86 bits per heavy atom. The number of quaternary nitrogens is 1. The maximum absolute atomic E-state index is 13.1. The number of aromatic amines is 1. The molecule has 0 aliphatic carbocycles. The van der Waals surface area contributed by atoms with Crippen molar-refractivity contribution in [3.63, 3.8) is 0 Å². The molecule has 9 heteroatoms. The highest BCUT2D eigenvalue weighted by molar-refractivity contribution is 5.80. The van der Waals surface area contributed by atoms with E-state index in [4.69, 9.17) is 9.47 Å². The molecule has 2 N–H and O–H groups in total. The molecule has 154 valence electrons. The molecule has 1 fully saturated rings. The largest absolute Gasteiger partial charge is 0.494 e. The number of aromatic nitrogens is 5. The van der Waals surface area contributed by atoms with Gasteiger partial charge in [0.05, 0.1) is 38.4 Å². The van der Waals surface area contributed by atoms with E-state index in [2.05, 4.69) is 20.5 Å². The van der Waals surface area contributed by atoms with Gasteiger partial charge >= 0.3 is 0 Å². The van der Waals surface area contributed by atoms with Crippen molar-refractivity contribution >= 4 is 10.9 Å². The number of nitrogens with zero attached hydrogens (tertiary/aromatic N) is 4. The van der Waals surface area contributed by atoms with Gasteiger partial charge in [-0.2, -0.15) is 0 Å². The summed E-state index contributed by atoms with van der Waals surface area (Å²) in [5, 5.41) is 13.3. The van der Waals surface area contributed by atoms with E-state index in [9.17, 15) is 4.79 Å². The van der Waals surface area contributed by atoms with Gasteiger partial charge in [0.25, 0.3) is 5.56 Å². The average Bonchev–Trinajstić information content (AvgIpc) is 3.40.